The smallest absolute Gasteiger partial charge is 0.412 e. The van der Waals surface area contributed by atoms with Gasteiger partial charge in [-0.3, -0.25) is 20.3 Å². The number of alkyl carbamates (subject to hydrolysis) is 1. The van der Waals surface area contributed by atoms with E-state index >= 15 is 0 Å². The molecule has 11 nitrogen and oxygen atoms in total. The van der Waals surface area contributed by atoms with E-state index in [0.29, 0.717) is 62.7 Å². The Hall–Kier alpha value is -5.19. The van der Waals surface area contributed by atoms with E-state index in [-0.39, 0.29) is 48.5 Å². The number of amides is 3. The van der Waals surface area contributed by atoms with E-state index in [1.165, 1.54) is 7.11 Å². The molecule has 5 rings (SSSR count). The van der Waals surface area contributed by atoms with Crippen LogP contribution >= 0.6 is 0 Å². The molecule has 3 amide bonds. The van der Waals surface area contributed by atoms with Crippen molar-refractivity contribution in [2.75, 3.05) is 20.2 Å². The van der Waals surface area contributed by atoms with Gasteiger partial charge in [-0.25, -0.2) is 9.59 Å². The Morgan fingerprint density at radius 1 is 0.787 bits per heavy atom. The Bertz CT molecular complexity index is 1540. The number of carbonyl (C=O) groups is 4. The van der Waals surface area contributed by atoms with E-state index in [1.54, 1.807) is 29.2 Å². The van der Waals surface area contributed by atoms with Gasteiger partial charge in [-0.15, -0.1) is 0 Å². The van der Waals surface area contributed by atoms with E-state index in [0.717, 1.165) is 16.7 Å². The molecular formula is C36H40N4O7. The first kappa shape index (κ1) is 33.2. The van der Waals surface area contributed by atoms with Crippen molar-refractivity contribution in [1.82, 2.24) is 15.5 Å². The lowest BCUT2D eigenvalue weighted by molar-refractivity contribution is -0.157. The number of hydrogen-bond acceptors (Lipinski definition) is 8. The summed E-state index contributed by atoms with van der Waals surface area (Å²) in [6.45, 7) is 1.20. The number of piperidine rings is 1. The van der Waals surface area contributed by atoms with E-state index in [9.17, 15) is 19.2 Å². The molecule has 0 atom stereocenters. The molecule has 0 spiro atoms. The van der Waals surface area contributed by atoms with E-state index < -0.39 is 6.09 Å². The molecule has 0 unspecified atom stereocenters. The number of rotatable bonds is 8. The van der Waals surface area contributed by atoms with Crippen molar-refractivity contribution in [2.45, 2.75) is 57.3 Å². The standard InChI is InChI=1S/C36H40N4O7/c1-45-35(43)39-32(37)27-11-7-25(8-12-27)26-9-13-28(14-10-26)33(41)38-30-17-15-29(16-18-30)34(42)47-31-19-21-40(22-20-31)36(44)46-23-24-5-3-2-4-6-24/h2-14,29-31H,15-23H2,1H3,(H,38,41)(H2,37,39,43)/t29-,30-. The molecule has 0 radical (unpaired) electrons. The minimum absolute atomic E-state index is 0.0159. The Labute approximate surface area is 274 Å². The fourth-order valence-electron chi connectivity index (χ4n) is 5.84. The summed E-state index contributed by atoms with van der Waals surface area (Å²) in [5.41, 5.74) is 3.84. The van der Waals surface area contributed by atoms with Crippen molar-refractivity contribution >= 4 is 29.9 Å². The van der Waals surface area contributed by atoms with E-state index in [2.05, 4.69) is 15.4 Å². The van der Waals surface area contributed by atoms with Gasteiger partial charge in [0.2, 0.25) is 0 Å². The first-order valence-electron chi connectivity index (χ1n) is 15.9. The van der Waals surface area contributed by atoms with Gasteiger partial charge < -0.3 is 24.4 Å². The first-order chi connectivity index (χ1) is 22.8. The van der Waals surface area contributed by atoms with Gasteiger partial charge in [0.15, 0.2) is 0 Å². The molecule has 1 saturated heterocycles. The molecule has 0 aromatic heterocycles. The van der Waals surface area contributed by atoms with Crippen LogP contribution in [0.2, 0.25) is 0 Å². The number of methoxy groups -OCH3 is 1. The van der Waals surface area contributed by atoms with Crippen molar-refractivity contribution < 1.29 is 33.4 Å². The zero-order valence-corrected chi connectivity index (χ0v) is 26.4. The third kappa shape index (κ3) is 9.18. The van der Waals surface area contributed by atoms with Gasteiger partial charge in [-0.05, 0) is 54.5 Å². The minimum atomic E-state index is -0.701. The number of benzene rings is 3. The van der Waals surface area contributed by atoms with Crippen LogP contribution in [0.3, 0.4) is 0 Å². The normalized spacial score (nSPS) is 18.0. The van der Waals surface area contributed by atoms with Crippen molar-refractivity contribution in [2.24, 2.45) is 5.92 Å². The van der Waals surface area contributed by atoms with Crippen molar-refractivity contribution in [3.63, 3.8) is 0 Å². The van der Waals surface area contributed by atoms with Crippen molar-refractivity contribution in [3.05, 3.63) is 95.6 Å². The third-order valence-electron chi connectivity index (χ3n) is 8.65. The molecular weight excluding hydrogens is 600 g/mol. The highest BCUT2D eigenvalue weighted by atomic mass is 16.6. The summed E-state index contributed by atoms with van der Waals surface area (Å²) in [7, 11) is 1.24. The monoisotopic (exact) mass is 640 g/mol. The molecule has 2 aliphatic rings. The lowest BCUT2D eigenvalue weighted by Gasteiger charge is -2.33. The van der Waals surface area contributed by atoms with Crippen LogP contribution in [-0.4, -0.2) is 67.1 Å². The quantitative estimate of drug-likeness (QED) is 0.124. The SMILES string of the molecule is COC(=O)NC(=N)c1ccc(-c2ccc(C(=O)N[C@H]3CC[C@H](C(=O)OC4CCN(C(=O)OCc5ccccc5)CC4)CC3)cc2)cc1. The van der Waals surface area contributed by atoms with Gasteiger partial charge in [0, 0.05) is 43.1 Å². The molecule has 3 N–H and O–H groups in total. The van der Waals surface area contributed by atoms with Gasteiger partial charge in [0.05, 0.1) is 13.0 Å². The molecule has 3 aromatic rings. The number of carbonyl (C=O) groups excluding carboxylic acids is 4. The van der Waals surface area contributed by atoms with Gasteiger partial charge in [-0.2, -0.15) is 0 Å². The summed E-state index contributed by atoms with van der Waals surface area (Å²) in [6, 6.07) is 24.0. The Morgan fingerprint density at radius 3 is 1.98 bits per heavy atom. The van der Waals surface area contributed by atoms with Crippen LogP contribution in [0.25, 0.3) is 11.1 Å². The van der Waals surface area contributed by atoms with Crippen LogP contribution in [0.5, 0.6) is 0 Å². The predicted octanol–water partition coefficient (Wildman–Crippen LogP) is 5.67. The van der Waals surface area contributed by atoms with Gasteiger partial charge in [-0.1, -0.05) is 66.7 Å². The van der Waals surface area contributed by atoms with E-state index in [4.69, 9.17) is 14.9 Å². The molecule has 1 aliphatic carbocycles. The fourth-order valence-corrected chi connectivity index (χ4v) is 5.84. The number of likely N-dealkylation sites (tertiary alicyclic amines) is 1. The number of amidine groups is 1. The molecule has 246 valence electrons. The van der Waals surface area contributed by atoms with Crippen LogP contribution in [0.15, 0.2) is 78.9 Å². The lowest BCUT2D eigenvalue weighted by Crippen LogP contribution is -2.43. The third-order valence-corrected chi connectivity index (χ3v) is 8.65. The zero-order chi connectivity index (χ0) is 33.2. The molecule has 1 heterocycles. The average molecular weight is 641 g/mol. The fraction of sp³-hybridized carbons (Fsp3) is 0.361. The van der Waals surface area contributed by atoms with Gasteiger partial charge in [0.25, 0.3) is 5.91 Å². The Balaban J connectivity index is 1.01. The number of ether oxygens (including phenoxy) is 3. The molecule has 0 bridgehead atoms. The van der Waals surface area contributed by atoms with Crippen LogP contribution < -0.4 is 10.6 Å². The number of nitrogens with zero attached hydrogens (tertiary/aromatic N) is 1. The maximum atomic E-state index is 13.0. The second-order valence-electron chi connectivity index (χ2n) is 11.8. The number of hydrogen-bond donors (Lipinski definition) is 3. The van der Waals surface area contributed by atoms with Crippen LogP contribution in [0.1, 0.15) is 60.0 Å². The van der Waals surface area contributed by atoms with Gasteiger partial charge >= 0.3 is 18.2 Å². The Morgan fingerprint density at radius 2 is 1.38 bits per heavy atom. The predicted molar refractivity (Wildman–Crippen MR) is 175 cm³/mol. The Kier molecular flexibility index (Phi) is 11.2. The highest BCUT2D eigenvalue weighted by molar-refractivity contribution is 6.04. The summed E-state index contributed by atoms with van der Waals surface area (Å²) in [5, 5.41) is 13.4. The molecule has 2 fully saturated rings. The van der Waals surface area contributed by atoms with E-state index in [1.807, 2.05) is 54.6 Å². The zero-order valence-electron chi connectivity index (χ0n) is 26.4. The molecule has 1 saturated carbocycles. The molecule has 11 heteroatoms. The highest BCUT2D eigenvalue weighted by Crippen LogP contribution is 2.28. The van der Waals surface area contributed by atoms with Crippen molar-refractivity contribution in [3.8, 4) is 11.1 Å². The van der Waals surface area contributed by atoms with Crippen LogP contribution in [-0.2, 0) is 25.6 Å². The van der Waals surface area contributed by atoms with Crippen LogP contribution in [0, 0.1) is 11.3 Å². The molecule has 3 aromatic carbocycles. The maximum absolute atomic E-state index is 13.0. The second kappa shape index (κ2) is 15.9. The summed E-state index contributed by atoms with van der Waals surface area (Å²) in [5.74, 6) is -0.602. The average Bonchev–Trinajstić information content (AvgIpc) is 3.11. The topological polar surface area (TPSA) is 147 Å². The highest BCUT2D eigenvalue weighted by Gasteiger charge is 2.32. The lowest BCUT2D eigenvalue weighted by atomic mass is 9.86. The summed E-state index contributed by atoms with van der Waals surface area (Å²) in [6.07, 6.45) is 2.59. The minimum Gasteiger partial charge on any atom is -0.462 e. The van der Waals surface area contributed by atoms with Gasteiger partial charge in [0.1, 0.15) is 18.5 Å². The van der Waals surface area contributed by atoms with Crippen molar-refractivity contribution in [1.29, 1.82) is 5.41 Å². The van der Waals surface area contributed by atoms with Crippen LogP contribution in [0.4, 0.5) is 9.59 Å². The number of esters is 1. The summed E-state index contributed by atoms with van der Waals surface area (Å²) < 4.78 is 15.8. The summed E-state index contributed by atoms with van der Waals surface area (Å²) >= 11 is 0. The molecule has 1 aliphatic heterocycles. The molecule has 47 heavy (non-hydrogen) atoms. The maximum Gasteiger partial charge on any atom is 0.412 e. The largest absolute Gasteiger partial charge is 0.462 e. The number of nitrogens with one attached hydrogen (secondary N) is 3. The first-order valence-corrected chi connectivity index (χ1v) is 15.9. The second-order valence-corrected chi connectivity index (χ2v) is 11.8. The summed E-state index contributed by atoms with van der Waals surface area (Å²) in [4.78, 5) is 51.3.